The lowest BCUT2D eigenvalue weighted by atomic mass is 10.1. The van der Waals surface area contributed by atoms with Crippen molar-refractivity contribution in [2.75, 3.05) is 17.7 Å². The minimum absolute atomic E-state index is 0.0271. The SMILES string of the molecule is CNc1cc([N+](=O)[O-])ccc1N/C=C\C(=O)c1ccc(Cl)c(Cl)c1. The van der Waals surface area contributed by atoms with Crippen LogP contribution in [0.1, 0.15) is 10.4 Å². The molecule has 0 fully saturated rings. The summed E-state index contributed by atoms with van der Waals surface area (Å²) < 4.78 is 0. The largest absolute Gasteiger partial charge is 0.386 e. The van der Waals surface area contributed by atoms with Crippen LogP contribution in [0.3, 0.4) is 0 Å². The van der Waals surface area contributed by atoms with Gasteiger partial charge in [0, 0.05) is 37.0 Å². The van der Waals surface area contributed by atoms with Crippen molar-refractivity contribution in [1.82, 2.24) is 0 Å². The van der Waals surface area contributed by atoms with Crippen LogP contribution in [0.2, 0.25) is 10.0 Å². The van der Waals surface area contributed by atoms with Crippen molar-refractivity contribution in [2.45, 2.75) is 0 Å². The second kappa shape index (κ2) is 7.81. The Morgan fingerprint density at radius 3 is 2.50 bits per heavy atom. The Bertz CT molecular complexity index is 822. The van der Waals surface area contributed by atoms with Gasteiger partial charge in [-0.3, -0.25) is 14.9 Å². The zero-order chi connectivity index (χ0) is 17.7. The second-order valence-corrected chi connectivity index (χ2v) is 5.52. The Hall–Kier alpha value is -2.57. The maximum absolute atomic E-state index is 12.1. The molecule has 0 saturated heterocycles. The lowest BCUT2D eigenvalue weighted by Crippen LogP contribution is -1.99. The maximum Gasteiger partial charge on any atom is 0.271 e. The molecule has 0 aliphatic heterocycles. The molecule has 0 aliphatic carbocycles. The highest BCUT2D eigenvalue weighted by Crippen LogP contribution is 2.27. The summed E-state index contributed by atoms with van der Waals surface area (Å²) in [5, 5.41) is 17.2. The molecule has 6 nitrogen and oxygen atoms in total. The van der Waals surface area contributed by atoms with Gasteiger partial charge in [0.2, 0.25) is 0 Å². The number of rotatable bonds is 6. The number of nitro groups is 1. The molecule has 0 aliphatic rings. The van der Waals surface area contributed by atoms with E-state index in [0.717, 1.165) is 0 Å². The van der Waals surface area contributed by atoms with Crippen molar-refractivity contribution >= 4 is 46.0 Å². The lowest BCUT2D eigenvalue weighted by Gasteiger charge is -2.08. The third-order valence-electron chi connectivity index (χ3n) is 3.16. The Labute approximate surface area is 148 Å². The molecule has 2 rings (SSSR count). The van der Waals surface area contributed by atoms with Crippen molar-refractivity contribution in [2.24, 2.45) is 0 Å². The van der Waals surface area contributed by atoms with Crippen LogP contribution < -0.4 is 10.6 Å². The van der Waals surface area contributed by atoms with E-state index in [0.29, 0.717) is 27.0 Å². The van der Waals surface area contributed by atoms with Crippen LogP contribution in [0.25, 0.3) is 0 Å². The molecule has 0 amide bonds. The van der Waals surface area contributed by atoms with E-state index in [4.69, 9.17) is 23.2 Å². The first-order chi connectivity index (χ1) is 11.4. The quantitative estimate of drug-likeness (QED) is 0.334. The molecule has 0 atom stereocenters. The number of carbonyl (C=O) groups excluding carboxylic acids is 1. The first kappa shape index (κ1) is 17.8. The van der Waals surface area contributed by atoms with Crippen molar-refractivity contribution in [3.63, 3.8) is 0 Å². The summed E-state index contributed by atoms with van der Waals surface area (Å²) >= 11 is 11.7. The fourth-order valence-electron chi connectivity index (χ4n) is 1.93. The molecule has 2 aromatic carbocycles. The Morgan fingerprint density at radius 2 is 1.88 bits per heavy atom. The molecule has 0 spiro atoms. The summed E-state index contributed by atoms with van der Waals surface area (Å²) in [4.78, 5) is 22.4. The fraction of sp³-hybridized carbons (Fsp3) is 0.0625. The molecule has 0 saturated carbocycles. The zero-order valence-corrected chi connectivity index (χ0v) is 14.1. The smallest absolute Gasteiger partial charge is 0.271 e. The van der Waals surface area contributed by atoms with Crippen molar-refractivity contribution in [3.05, 3.63) is 74.4 Å². The van der Waals surface area contributed by atoms with Crippen LogP contribution in [0, 0.1) is 10.1 Å². The molecule has 8 heteroatoms. The van der Waals surface area contributed by atoms with Gasteiger partial charge in [0.05, 0.1) is 26.3 Å². The average Bonchev–Trinajstić information content (AvgIpc) is 2.57. The normalized spacial score (nSPS) is 10.6. The predicted molar refractivity (Wildman–Crippen MR) is 96.2 cm³/mol. The standard InChI is InChI=1S/C16H13Cl2N3O3/c1-19-15-9-11(21(23)24)3-5-14(15)20-7-6-16(22)10-2-4-12(17)13(18)8-10/h2-9,19-20H,1H3/b7-6-. The summed E-state index contributed by atoms with van der Waals surface area (Å²) in [7, 11) is 1.65. The summed E-state index contributed by atoms with van der Waals surface area (Å²) in [6.45, 7) is 0. The fourth-order valence-corrected chi connectivity index (χ4v) is 2.23. The number of anilines is 2. The lowest BCUT2D eigenvalue weighted by molar-refractivity contribution is -0.384. The molecule has 0 bridgehead atoms. The molecule has 0 aromatic heterocycles. The number of benzene rings is 2. The molecule has 2 aromatic rings. The monoisotopic (exact) mass is 365 g/mol. The molecule has 24 heavy (non-hydrogen) atoms. The molecule has 124 valence electrons. The Morgan fingerprint density at radius 1 is 1.12 bits per heavy atom. The van der Waals surface area contributed by atoms with Gasteiger partial charge in [-0.25, -0.2) is 0 Å². The van der Waals surface area contributed by atoms with Crippen LogP contribution in [0.5, 0.6) is 0 Å². The third-order valence-corrected chi connectivity index (χ3v) is 3.90. The number of nitro benzene ring substituents is 1. The van der Waals surface area contributed by atoms with E-state index in [1.807, 2.05) is 0 Å². The van der Waals surface area contributed by atoms with Crippen molar-refractivity contribution in [1.29, 1.82) is 0 Å². The number of hydrogen-bond donors (Lipinski definition) is 2. The summed E-state index contributed by atoms with van der Waals surface area (Å²) in [5.41, 5.74) is 1.51. The summed E-state index contributed by atoms with van der Waals surface area (Å²) in [6, 6.07) is 8.94. The number of carbonyl (C=O) groups is 1. The number of hydrogen-bond acceptors (Lipinski definition) is 5. The molecule has 0 unspecified atom stereocenters. The van der Waals surface area contributed by atoms with Gasteiger partial charge in [-0.1, -0.05) is 23.2 Å². The van der Waals surface area contributed by atoms with Gasteiger partial charge < -0.3 is 10.6 Å². The van der Waals surface area contributed by atoms with Gasteiger partial charge in [0.25, 0.3) is 5.69 Å². The maximum atomic E-state index is 12.1. The van der Waals surface area contributed by atoms with Crippen molar-refractivity contribution in [3.8, 4) is 0 Å². The van der Waals surface area contributed by atoms with Crippen LogP contribution in [-0.4, -0.2) is 17.8 Å². The minimum atomic E-state index is -0.478. The van der Waals surface area contributed by atoms with Crippen LogP contribution >= 0.6 is 23.2 Å². The molecule has 0 radical (unpaired) electrons. The first-order valence-electron chi connectivity index (χ1n) is 6.81. The van der Waals surface area contributed by atoms with E-state index in [-0.39, 0.29) is 11.5 Å². The van der Waals surface area contributed by atoms with Gasteiger partial charge in [-0.05, 0) is 24.3 Å². The van der Waals surface area contributed by atoms with E-state index in [9.17, 15) is 14.9 Å². The predicted octanol–water partition coefficient (Wildman–Crippen LogP) is 4.75. The van der Waals surface area contributed by atoms with Gasteiger partial charge in [0.1, 0.15) is 0 Å². The van der Waals surface area contributed by atoms with Gasteiger partial charge in [0.15, 0.2) is 5.78 Å². The molecular formula is C16H13Cl2N3O3. The highest BCUT2D eigenvalue weighted by Gasteiger charge is 2.09. The van der Waals surface area contributed by atoms with E-state index in [2.05, 4.69) is 10.6 Å². The van der Waals surface area contributed by atoms with Crippen LogP contribution in [-0.2, 0) is 0 Å². The summed E-state index contributed by atoms with van der Waals surface area (Å²) in [5.74, 6) is -0.256. The molecule has 2 N–H and O–H groups in total. The van der Waals surface area contributed by atoms with E-state index in [1.165, 1.54) is 30.5 Å². The van der Waals surface area contributed by atoms with Crippen LogP contribution in [0.15, 0.2) is 48.7 Å². The highest BCUT2D eigenvalue weighted by atomic mass is 35.5. The van der Waals surface area contributed by atoms with E-state index in [1.54, 1.807) is 25.2 Å². The second-order valence-electron chi connectivity index (χ2n) is 4.71. The molecular weight excluding hydrogens is 353 g/mol. The van der Waals surface area contributed by atoms with E-state index >= 15 is 0 Å². The summed E-state index contributed by atoms with van der Waals surface area (Å²) in [6.07, 6.45) is 2.78. The number of halogens is 2. The van der Waals surface area contributed by atoms with Crippen LogP contribution in [0.4, 0.5) is 17.1 Å². The van der Waals surface area contributed by atoms with Gasteiger partial charge in [-0.2, -0.15) is 0 Å². The number of allylic oxidation sites excluding steroid dienone is 1. The number of nitrogens with one attached hydrogen (secondary N) is 2. The molecule has 0 heterocycles. The number of nitrogens with zero attached hydrogens (tertiary/aromatic N) is 1. The average molecular weight is 366 g/mol. The van der Waals surface area contributed by atoms with E-state index < -0.39 is 4.92 Å². The van der Waals surface area contributed by atoms with Gasteiger partial charge >= 0.3 is 0 Å². The Kier molecular flexibility index (Phi) is 5.78. The third kappa shape index (κ3) is 4.24. The van der Waals surface area contributed by atoms with Gasteiger partial charge in [-0.15, -0.1) is 0 Å². The first-order valence-corrected chi connectivity index (χ1v) is 7.56. The Balaban J connectivity index is 2.12. The number of ketones is 1. The highest BCUT2D eigenvalue weighted by molar-refractivity contribution is 6.42. The number of non-ortho nitro benzene ring substituents is 1. The topological polar surface area (TPSA) is 84.3 Å². The van der Waals surface area contributed by atoms with Crippen molar-refractivity contribution < 1.29 is 9.72 Å². The zero-order valence-electron chi connectivity index (χ0n) is 12.5. The minimum Gasteiger partial charge on any atom is -0.386 e.